The highest BCUT2D eigenvalue weighted by Gasteiger charge is 2.26. The first-order chi connectivity index (χ1) is 11.8. The molecule has 1 saturated heterocycles. The summed E-state index contributed by atoms with van der Waals surface area (Å²) in [4.78, 5) is 7.20. The van der Waals surface area contributed by atoms with Gasteiger partial charge in [0.1, 0.15) is 0 Å². The fraction of sp³-hybridized carbons (Fsp3) is 0.526. The lowest BCUT2D eigenvalue weighted by Gasteiger charge is -2.34. The Hall–Kier alpha value is -1.59. The van der Waals surface area contributed by atoms with Gasteiger partial charge in [-0.3, -0.25) is 0 Å². The third kappa shape index (κ3) is 3.57. The molecule has 1 aliphatic heterocycles. The van der Waals surface area contributed by atoms with Crippen molar-refractivity contribution < 1.29 is 5.11 Å². The SMILES string of the molecule is OCC1CCN(c2ccccc2NCc2csc(C3CC3)n2)CC1. The topological polar surface area (TPSA) is 48.4 Å². The number of piperidine rings is 1. The van der Waals surface area contributed by atoms with E-state index in [4.69, 9.17) is 4.98 Å². The number of benzene rings is 1. The second-order valence-electron chi connectivity index (χ2n) is 6.94. The zero-order valence-corrected chi connectivity index (χ0v) is 14.8. The quantitative estimate of drug-likeness (QED) is 0.837. The molecule has 1 aromatic carbocycles. The minimum atomic E-state index is 0.320. The van der Waals surface area contributed by atoms with Crippen molar-refractivity contribution in [2.24, 2.45) is 5.92 Å². The van der Waals surface area contributed by atoms with Gasteiger partial charge in [-0.25, -0.2) is 4.98 Å². The van der Waals surface area contributed by atoms with Gasteiger partial charge in [0.15, 0.2) is 0 Å². The lowest BCUT2D eigenvalue weighted by atomic mass is 9.97. The largest absolute Gasteiger partial charge is 0.396 e. The van der Waals surface area contributed by atoms with Crippen LogP contribution in [-0.4, -0.2) is 29.8 Å². The molecule has 24 heavy (non-hydrogen) atoms. The van der Waals surface area contributed by atoms with E-state index in [9.17, 15) is 5.11 Å². The first kappa shape index (κ1) is 15.9. The number of aliphatic hydroxyl groups excluding tert-OH is 1. The maximum atomic E-state index is 9.32. The van der Waals surface area contributed by atoms with E-state index >= 15 is 0 Å². The average molecular weight is 343 g/mol. The van der Waals surface area contributed by atoms with Gasteiger partial charge in [0.2, 0.25) is 0 Å². The summed E-state index contributed by atoms with van der Waals surface area (Å²) in [5, 5.41) is 16.4. The summed E-state index contributed by atoms with van der Waals surface area (Å²) in [7, 11) is 0. The number of hydrogen-bond acceptors (Lipinski definition) is 5. The second kappa shape index (κ2) is 7.11. The molecule has 1 aromatic heterocycles. The summed E-state index contributed by atoms with van der Waals surface area (Å²) in [6, 6.07) is 8.54. The van der Waals surface area contributed by atoms with Crippen molar-refractivity contribution in [3.63, 3.8) is 0 Å². The van der Waals surface area contributed by atoms with Crippen LogP contribution in [0.4, 0.5) is 11.4 Å². The molecule has 0 amide bonds. The number of para-hydroxylation sites is 2. The van der Waals surface area contributed by atoms with Crippen molar-refractivity contribution in [3.05, 3.63) is 40.3 Å². The molecular weight excluding hydrogens is 318 g/mol. The molecule has 2 N–H and O–H groups in total. The van der Waals surface area contributed by atoms with Gasteiger partial charge in [-0.05, 0) is 43.7 Å². The molecule has 128 valence electrons. The van der Waals surface area contributed by atoms with E-state index in [0.29, 0.717) is 12.5 Å². The predicted molar refractivity (Wildman–Crippen MR) is 99.9 cm³/mol. The van der Waals surface area contributed by atoms with E-state index in [1.807, 2.05) is 0 Å². The van der Waals surface area contributed by atoms with E-state index in [1.165, 1.54) is 29.2 Å². The molecule has 0 unspecified atom stereocenters. The molecule has 4 nitrogen and oxygen atoms in total. The molecule has 2 heterocycles. The smallest absolute Gasteiger partial charge is 0.0960 e. The van der Waals surface area contributed by atoms with Crippen LogP contribution in [0.3, 0.4) is 0 Å². The minimum absolute atomic E-state index is 0.320. The van der Waals surface area contributed by atoms with Gasteiger partial charge in [-0.15, -0.1) is 11.3 Å². The monoisotopic (exact) mass is 343 g/mol. The molecule has 0 radical (unpaired) electrons. The lowest BCUT2D eigenvalue weighted by molar-refractivity contribution is 0.203. The van der Waals surface area contributed by atoms with Gasteiger partial charge in [0, 0.05) is 31.0 Å². The third-order valence-corrected chi connectivity index (χ3v) is 6.13. The predicted octanol–water partition coefficient (Wildman–Crippen LogP) is 3.84. The van der Waals surface area contributed by atoms with Crippen molar-refractivity contribution in [2.75, 3.05) is 29.9 Å². The summed E-state index contributed by atoms with van der Waals surface area (Å²) in [5.41, 5.74) is 3.60. The molecule has 0 spiro atoms. The lowest BCUT2D eigenvalue weighted by Crippen LogP contribution is -2.35. The molecule has 0 atom stereocenters. The van der Waals surface area contributed by atoms with Crippen LogP contribution in [0.25, 0.3) is 0 Å². The van der Waals surface area contributed by atoms with Gasteiger partial charge in [-0.1, -0.05) is 12.1 Å². The highest BCUT2D eigenvalue weighted by molar-refractivity contribution is 7.09. The molecule has 2 aliphatic rings. The van der Waals surface area contributed by atoms with Gasteiger partial charge in [0.05, 0.1) is 28.6 Å². The molecule has 1 aliphatic carbocycles. The number of thiazole rings is 1. The minimum Gasteiger partial charge on any atom is -0.396 e. The summed E-state index contributed by atoms with van der Waals surface area (Å²) < 4.78 is 0. The molecule has 4 rings (SSSR count). The van der Waals surface area contributed by atoms with Gasteiger partial charge < -0.3 is 15.3 Å². The fourth-order valence-corrected chi connectivity index (χ4v) is 4.35. The van der Waals surface area contributed by atoms with Crippen molar-refractivity contribution in [1.29, 1.82) is 0 Å². The van der Waals surface area contributed by atoms with Crippen LogP contribution in [0.15, 0.2) is 29.6 Å². The van der Waals surface area contributed by atoms with E-state index < -0.39 is 0 Å². The standard InChI is InChI=1S/C19H25N3OS/c23-12-14-7-9-22(10-8-14)18-4-2-1-3-17(18)20-11-16-13-24-19(21-16)15-5-6-15/h1-4,13-15,20,23H,5-12H2. The number of aromatic nitrogens is 1. The highest BCUT2D eigenvalue weighted by Crippen LogP contribution is 2.41. The van der Waals surface area contributed by atoms with Crippen molar-refractivity contribution in [1.82, 2.24) is 4.98 Å². The van der Waals surface area contributed by atoms with E-state index in [2.05, 4.69) is 39.9 Å². The van der Waals surface area contributed by atoms with E-state index in [0.717, 1.165) is 44.1 Å². The number of nitrogens with zero attached hydrogens (tertiary/aromatic N) is 2. The van der Waals surface area contributed by atoms with Crippen LogP contribution in [0.5, 0.6) is 0 Å². The van der Waals surface area contributed by atoms with Crippen LogP contribution < -0.4 is 10.2 Å². The van der Waals surface area contributed by atoms with Gasteiger partial charge >= 0.3 is 0 Å². The molecule has 5 heteroatoms. The van der Waals surface area contributed by atoms with Crippen molar-refractivity contribution in [2.45, 2.75) is 38.1 Å². The summed E-state index contributed by atoms with van der Waals surface area (Å²) in [5.74, 6) is 1.21. The Kier molecular flexibility index (Phi) is 4.72. The zero-order valence-electron chi connectivity index (χ0n) is 13.9. The van der Waals surface area contributed by atoms with E-state index in [-0.39, 0.29) is 0 Å². The Morgan fingerprint density at radius 2 is 1.96 bits per heavy atom. The Balaban J connectivity index is 1.41. The van der Waals surface area contributed by atoms with Crippen molar-refractivity contribution in [3.8, 4) is 0 Å². The molecule has 1 saturated carbocycles. The van der Waals surface area contributed by atoms with Crippen LogP contribution in [-0.2, 0) is 6.54 Å². The molecular formula is C19H25N3OS. The zero-order chi connectivity index (χ0) is 16.4. The van der Waals surface area contributed by atoms with Crippen LogP contribution >= 0.6 is 11.3 Å². The van der Waals surface area contributed by atoms with E-state index in [1.54, 1.807) is 11.3 Å². The Bertz CT molecular complexity index is 675. The Morgan fingerprint density at radius 1 is 1.17 bits per heavy atom. The number of hydrogen-bond donors (Lipinski definition) is 2. The summed E-state index contributed by atoms with van der Waals surface area (Å²) >= 11 is 1.81. The maximum Gasteiger partial charge on any atom is 0.0960 e. The number of aliphatic hydroxyl groups is 1. The third-order valence-electron chi connectivity index (χ3n) is 5.07. The summed E-state index contributed by atoms with van der Waals surface area (Å²) in [6.07, 6.45) is 4.77. The molecule has 0 bridgehead atoms. The number of rotatable bonds is 6. The Morgan fingerprint density at radius 3 is 2.71 bits per heavy atom. The van der Waals surface area contributed by atoms with Crippen molar-refractivity contribution >= 4 is 22.7 Å². The van der Waals surface area contributed by atoms with Crippen LogP contribution in [0, 0.1) is 5.92 Å². The maximum absolute atomic E-state index is 9.32. The molecule has 2 fully saturated rings. The van der Waals surface area contributed by atoms with Crippen LogP contribution in [0.1, 0.15) is 42.3 Å². The highest BCUT2D eigenvalue weighted by atomic mass is 32.1. The number of anilines is 2. The molecule has 2 aromatic rings. The normalized spacial score (nSPS) is 18.8. The summed E-state index contributed by atoms with van der Waals surface area (Å²) in [6.45, 7) is 3.15. The first-order valence-electron chi connectivity index (χ1n) is 8.96. The Labute approximate surface area is 147 Å². The fourth-order valence-electron chi connectivity index (χ4n) is 3.36. The second-order valence-corrected chi connectivity index (χ2v) is 7.82. The van der Waals surface area contributed by atoms with Gasteiger partial charge in [-0.2, -0.15) is 0 Å². The van der Waals surface area contributed by atoms with Crippen LogP contribution in [0.2, 0.25) is 0 Å². The average Bonchev–Trinajstić information content (AvgIpc) is 3.39. The first-order valence-corrected chi connectivity index (χ1v) is 9.84. The van der Waals surface area contributed by atoms with Gasteiger partial charge in [0.25, 0.3) is 0 Å². The number of nitrogens with one attached hydrogen (secondary N) is 1.